The van der Waals surface area contributed by atoms with Crippen LogP contribution in [0.5, 0.6) is 11.5 Å². The van der Waals surface area contributed by atoms with Crippen molar-refractivity contribution < 1.29 is 23.6 Å². The highest BCUT2D eigenvalue weighted by molar-refractivity contribution is 5.93. The number of hydrogen-bond donors (Lipinski definition) is 2. The van der Waals surface area contributed by atoms with Crippen LogP contribution in [0.2, 0.25) is 0 Å². The number of carbonyl (C=O) groups excluding carboxylic acids is 1. The zero-order chi connectivity index (χ0) is 19.3. The molecule has 6 heteroatoms. The van der Waals surface area contributed by atoms with Crippen molar-refractivity contribution in [2.45, 2.75) is 26.4 Å². The number of nitrogens with one attached hydrogen (secondary N) is 2. The van der Waals surface area contributed by atoms with Gasteiger partial charge in [-0.1, -0.05) is 0 Å². The molecule has 0 aliphatic carbocycles. The van der Waals surface area contributed by atoms with Crippen LogP contribution in [0.3, 0.4) is 0 Å². The van der Waals surface area contributed by atoms with Crippen LogP contribution in [0.1, 0.15) is 18.1 Å². The van der Waals surface area contributed by atoms with E-state index in [-0.39, 0.29) is 17.8 Å². The smallest absolute Gasteiger partial charge is 0.282 e. The van der Waals surface area contributed by atoms with E-state index in [1.54, 1.807) is 26.4 Å². The zero-order valence-corrected chi connectivity index (χ0v) is 15.9. The highest BCUT2D eigenvalue weighted by Gasteiger charge is 2.23. The standard InChI is InChI=1S/C20H25FN2O3/c1-13-10-18(25-4)19(26-5)11-15(13)12-23(3)14(2)20(24)22-17-8-6-16(21)7-9-17/h6-11,14H,12H2,1-5H3,(H,22,24)/p+1/t14-/m1/s1. The van der Waals surface area contributed by atoms with Gasteiger partial charge in [0, 0.05) is 11.3 Å². The van der Waals surface area contributed by atoms with Gasteiger partial charge in [0.15, 0.2) is 17.5 Å². The van der Waals surface area contributed by atoms with E-state index in [0.717, 1.165) is 16.0 Å². The molecule has 0 aliphatic heterocycles. The van der Waals surface area contributed by atoms with E-state index in [9.17, 15) is 9.18 Å². The lowest BCUT2D eigenvalue weighted by Crippen LogP contribution is -3.12. The molecular weight excluding hydrogens is 335 g/mol. The van der Waals surface area contributed by atoms with Gasteiger partial charge in [-0.15, -0.1) is 0 Å². The molecule has 2 aromatic rings. The minimum absolute atomic E-state index is 0.118. The van der Waals surface area contributed by atoms with Crippen LogP contribution in [0, 0.1) is 12.7 Å². The van der Waals surface area contributed by atoms with Crippen LogP contribution in [0.15, 0.2) is 36.4 Å². The number of carbonyl (C=O) groups is 1. The minimum Gasteiger partial charge on any atom is -0.493 e. The molecule has 0 aromatic heterocycles. The number of methoxy groups -OCH3 is 2. The zero-order valence-electron chi connectivity index (χ0n) is 15.9. The maximum atomic E-state index is 13.0. The van der Waals surface area contributed by atoms with Crippen molar-refractivity contribution in [2.75, 3.05) is 26.6 Å². The molecule has 0 heterocycles. The van der Waals surface area contributed by atoms with E-state index < -0.39 is 0 Å². The van der Waals surface area contributed by atoms with Crippen LogP contribution < -0.4 is 19.7 Å². The summed E-state index contributed by atoms with van der Waals surface area (Å²) >= 11 is 0. The molecule has 0 aliphatic rings. The average molecular weight is 361 g/mol. The maximum absolute atomic E-state index is 13.0. The molecule has 0 radical (unpaired) electrons. The summed E-state index contributed by atoms with van der Waals surface area (Å²) in [7, 11) is 5.17. The third kappa shape index (κ3) is 4.73. The van der Waals surface area contributed by atoms with Gasteiger partial charge in [0.25, 0.3) is 5.91 Å². The van der Waals surface area contributed by atoms with E-state index >= 15 is 0 Å². The molecule has 140 valence electrons. The topological polar surface area (TPSA) is 52.0 Å². The fraction of sp³-hybridized carbons (Fsp3) is 0.350. The van der Waals surface area contributed by atoms with E-state index in [1.165, 1.54) is 12.1 Å². The van der Waals surface area contributed by atoms with Gasteiger partial charge in [-0.3, -0.25) is 4.79 Å². The predicted molar refractivity (Wildman–Crippen MR) is 99.4 cm³/mol. The van der Waals surface area contributed by atoms with E-state index in [4.69, 9.17) is 9.47 Å². The number of quaternary nitrogens is 1. The Hall–Kier alpha value is -2.60. The minimum atomic E-state index is -0.331. The molecule has 26 heavy (non-hydrogen) atoms. The number of amides is 1. The molecule has 2 rings (SSSR count). The molecule has 0 fully saturated rings. The highest BCUT2D eigenvalue weighted by atomic mass is 19.1. The SMILES string of the molecule is COc1cc(C)c(C[NH+](C)[C@H](C)C(=O)Nc2ccc(F)cc2)cc1OC. The third-order valence-corrected chi connectivity index (χ3v) is 4.56. The number of rotatable bonds is 7. The summed E-state index contributed by atoms with van der Waals surface area (Å²) in [4.78, 5) is 13.5. The fourth-order valence-corrected chi connectivity index (χ4v) is 2.67. The Morgan fingerprint density at radius 1 is 1.15 bits per heavy atom. The summed E-state index contributed by atoms with van der Waals surface area (Å²) in [6, 6.07) is 9.34. The van der Waals surface area contributed by atoms with Gasteiger partial charge < -0.3 is 19.7 Å². The van der Waals surface area contributed by atoms with Crippen molar-refractivity contribution in [3.05, 3.63) is 53.3 Å². The van der Waals surface area contributed by atoms with E-state index in [0.29, 0.717) is 23.7 Å². The van der Waals surface area contributed by atoms with Gasteiger partial charge >= 0.3 is 0 Å². The number of hydrogen-bond acceptors (Lipinski definition) is 3. The molecule has 5 nitrogen and oxygen atoms in total. The molecular formula is C20H26FN2O3+. The summed E-state index contributed by atoms with van der Waals surface area (Å²) in [6.45, 7) is 4.53. The molecule has 0 saturated heterocycles. The van der Waals surface area contributed by atoms with Crippen molar-refractivity contribution in [1.82, 2.24) is 0 Å². The van der Waals surface area contributed by atoms with Crippen LogP contribution >= 0.6 is 0 Å². The Balaban J connectivity index is 2.07. The number of likely N-dealkylation sites (N-methyl/N-ethyl adjacent to an activating group) is 1. The van der Waals surface area contributed by atoms with Crippen molar-refractivity contribution in [2.24, 2.45) is 0 Å². The van der Waals surface area contributed by atoms with E-state index in [1.807, 2.05) is 33.0 Å². The second kappa shape index (κ2) is 8.67. The average Bonchev–Trinajstić information content (AvgIpc) is 2.63. The summed E-state index contributed by atoms with van der Waals surface area (Å²) in [5.74, 6) is 0.910. The maximum Gasteiger partial charge on any atom is 0.282 e. The second-order valence-electron chi connectivity index (χ2n) is 6.37. The van der Waals surface area contributed by atoms with Crippen LogP contribution in [0.25, 0.3) is 0 Å². The van der Waals surface area contributed by atoms with Gasteiger partial charge in [0.1, 0.15) is 12.4 Å². The first-order valence-corrected chi connectivity index (χ1v) is 8.46. The van der Waals surface area contributed by atoms with Gasteiger partial charge in [-0.2, -0.15) is 0 Å². The molecule has 1 amide bonds. The summed E-state index contributed by atoms with van der Waals surface area (Å²) < 4.78 is 23.7. The van der Waals surface area contributed by atoms with Crippen molar-refractivity contribution >= 4 is 11.6 Å². The van der Waals surface area contributed by atoms with Crippen molar-refractivity contribution in [3.8, 4) is 11.5 Å². The largest absolute Gasteiger partial charge is 0.493 e. The Bertz CT molecular complexity index is 762. The highest BCUT2D eigenvalue weighted by Crippen LogP contribution is 2.29. The number of ether oxygens (including phenoxy) is 2. The first-order chi connectivity index (χ1) is 12.3. The van der Waals surface area contributed by atoms with E-state index in [2.05, 4.69) is 5.32 Å². The summed E-state index contributed by atoms with van der Waals surface area (Å²) in [5, 5.41) is 2.82. The molecule has 2 aromatic carbocycles. The molecule has 0 bridgehead atoms. The Kier molecular flexibility index (Phi) is 6.58. The van der Waals surface area contributed by atoms with Gasteiger partial charge in [-0.05, 0) is 55.8 Å². The first kappa shape index (κ1) is 19.7. The lowest BCUT2D eigenvalue weighted by Gasteiger charge is -2.22. The second-order valence-corrected chi connectivity index (χ2v) is 6.37. The summed E-state index contributed by atoms with van der Waals surface area (Å²) in [6.07, 6.45) is 0. The lowest BCUT2D eigenvalue weighted by molar-refractivity contribution is -0.907. The molecule has 2 atom stereocenters. The van der Waals surface area contributed by atoms with Crippen molar-refractivity contribution in [3.63, 3.8) is 0 Å². The first-order valence-electron chi connectivity index (χ1n) is 8.46. The Morgan fingerprint density at radius 3 is 2.31 bits per heavy atom. The van der Waals surface area contributed by atoms with Crippen LogP contribution in [-0.4, -0.2) is 33.2 Å². The lowest BCUT2D eigenvalue weighted by atomic mass is 10.1. The monoisotopic (exact) mass is 361 g/mol. The molecule has 0 spiro atoms. The Morgan fingerprint density at radius 2 is 1.73 bits per heavy atom. The quantitative estimate of drug-likeness (QED) is 0.795. The summed E-state index contributed by atoms with van der Waals surface area (Å²) in [5.41, 5.74) is 2.74. The third-order valence-electron chi connectivity index (χ3n) is 4.56. The number of halogens is 1. The molecule has 0 saturated carbocycles. The van der Waals surface area contributed by atoms with Gasteiger partial charge in [-0.25, -0.2) is 4.39 Å². The van der Waals surface area contributed by atoms with Crippen molar-refractivity contribution in [1.29, 1.82) is 0 Å². The fourth-order valence-electron chi connectivity index (χ4n) is 2.67. The predicted octanol–water partition coefficient (Wildman–Crippen LogP) is 2.19. The number of aryl methyl sites for hydroxylation is 1. The van der Waals surface area contributed by atoms with Gasteiger partial charge in [0.05, 0.1) is 21.3 Å². The number of benzene rings is 2. The molecule has 2 N–H and O–H groups in total. The number of anilines is 1. The van der Waals surface area contributed by atoms with Crippen LogP contribution in [0.4, 0.5) is 10.1 Å². The Labute approximate surface area is 153 Å². The molecule has 1 unspecified atom stereocenters. The normalized spacial score (nSPS) is 13.0. The van der Waals surface area contributed by atoms with Crippen LogP contribution in [-0.2, 0) is 11.3 Å². The van der Waals surface area contributed by atoms with Gasteiger partial charge in [0.2, 0.25) is 0 Å².